The molecule has 2 heterocycles. The van der Waals surface area contributed by atoms with Gasteiger partial charge in [0.25, 0.3) is 5.91 Å². The predicted molar refractivity (Wildman–Crippen MR) is 76.0 cm³/mol. The van der Waals surface area contributed by atoms with Gasteiger partial charge >= 0.3 is 0 Å². The molecule has 1 saturated heterocycles. The van der Waals surface area contributed by atoms with Gasteiger partial charge in [-0.05, 0) is 44.5 Å². The number of piperidine rings is 1. The maximum Gasteiger partial charge on any atom is 0.267 e. The fraction of sp³-hybridized carbons (Fsp3) is 0.533. The van der Waals surface area contributed by atoms with Crippen LogP contribution in [0.15, 0.2) is 18.3 Å². The molecule has 1 aromatic heterocycles. The van der Waals surface area contributed by atoms with Crippen LogP contribution in [0.4, 0.5) is 0 Å². The lowest BCUT2D eigenvalue weighted by Gasteiger charge is -2.25. The van der Waals surface area contributed by atoms with E-state index in [1.54, 1.807) is 0 Å². The summed E-state index contributed by atoms with van der Waals surface area (Å²) >= 11 is 0. The van der Waals surface area contributed by atoms with E-state index in [1.807, 2.05) is 18.3 Å². The van der Waals surface area contributed by atoms with E-state index in [4.69, 9.17) is 6.42 Å². The Morgan fingerprint density at radius 1 is 1.53 bits per heavy atom. The zero-order chi connectivity index (χ0) is 13.5. The number of nitrogens with one attached hydrogen (secondary N) is 2. The fourth-order valence-corrected chi connectivity index (χ4v) is 2.47. The summed E-state index contributed by atoms with van der Waals surface area (Å²) in [6, 6.07) is 4.26. The maximum atomic E-state index is 12.1. The average Bonchev–Trinajstić information content (AvgIpc) is 2.94. The number of carbonyl (C=O) groups is 1. The highest BCUT2D eigenvalue weighted by molar-refractivity contribution is 5.92. The fourth-order valence-electron chi connectivity index (χ4n) is 2.47. The number of unbranched alkanes of at least 4 members (excludes halogenated alkanes) is 1. The standard InChI is InChI=1S/C15H21N3O/c1-2-3-4-9-17-15(19)14-6-5-12-18(14)13-7-10-16-11-8-13/h1,5-6,12-13,16H,3-4,7-11H2,(H,17,19). The smallest absolute Gasteiger partial charge is 0.267 e. The Bertz CT molecular complexity index is 452. The minimum absolute atomic E-state index is 0.000513. The minimum Gasteiger partial charge on any atom is -0.351 e. The Morgan fingerprint density at radius 3 is 3.05 bits per heavy atom. The molecule has 2 N–H and O–H groups in total. The number of terminal acetylenes is 1. The molecule has 1 amide bonds. The lowest BCUT2D eigenvalue weighted by atomic mass is 10.1. The second kappa shape index (κ2) is 7.01. The van der Waals surface area contributed by atoms with Crippen molar-refractivity contribution in [3.63, 3.8) is 0 Å². The molecule has 0 aliphatic carbocycles. The second-order valence-corrected chi connectivity index (χ2v) is 4.85. The molecule has 1 aromatic rings. The molecule has 1 aliphatic heterocycles. The zero-order valence-corrected chi connectivity index (χ0v) is 11.2. The molecule has 0 atom stereocenters. The second-order valence-electron chi connectivity index (χ2n) is 4.85. The van der Waals surface area contributed by atoms with Crippen molar-refractivity contribution in [2.75, 3.05) is 19.6 Å². The van der Waals surface area contributed by atoms with Crippen molar-refractivity contribution in [1.29, 1.82) is 0 Å². The van der Waals surface area contributed by atoms with E-state index >= 15 is 0 Å². The van der Waals surface area contributed by atoms with Crippen LogP contribution in [0.5, 0.6) is 0 Å². The summed E-state index contributed by atoms with van der Waals surface area (Å²) in [5.41, 5.74) is 0.757. The molecular weight excluding hydrogens is 238 g/mol. The third-order valence-electron chi connectivity index (χ3n) is 3.50. The Labute approximate surface area is 114 Å². The molecule has 1 fully saturated rings. The van der Waals surface area contributed by atoms with E-state index in [1.165, 1.54) is 0 Å². The summed E-state index contributed by atoms with van der Waals surface area (Å²) in [6.07, 6.45) is 10.9. The Hall–Kier alpha value is -1.73. The third kappa shape index (κ3) is 3.62. The monoisotopic (exact) mass is 259 g/mol. The molecule has 0 aromatic carbocycles. The number of rotatable bonds is 5. The van der Waals surface area contributed by atoms with Crippen molar-refractivity contribution in [2.24, 2.45) is 0 Å². The first kappa shape index (κ1) is 13.7. The predicted octanol–water partition coefficient (Wildman–Crippen LogP) is 1.56. The summed E-state index contributed by atoms with van der Waals surface area (Å²) in [7, 11) is 0. The van der Waals surface area contributed by atoms with Gasteiger partial charge in [-0.1, -0.05) is 0 Å². The maximum absolute atomic E-state index is 12.1. The van der Waals surface area contributed by atoms with E-state index in [2.05, 4.69) is 21.1 Å². The van der Waals surface area contributed by atoms with Crippen molar-refractivity contribution in [2.45, 2.75) is 31.7 Å². The number of aromatic nitrogens is 1. The van der Waals surface area contributed by atoms with Crippen LogP contribution >= 0.6 is 0 Å². The number of hydrogen-bond donors (Lipinski definition) is 2. The summed E-state index contributed by atoms with van der Waals surface area (Å²) in [6.45, 7) is 2.68. The molecule has 0 saturated carbocycles. The molecule has 102 valence electrons. The van der Waals surface area contributed by atoms with Crippen LogP contribution in [-0.2, 0) is 0 Å². The number of nitrogens with zero attached hydrogens (tertiary/aromatic N) is 1. The van der Waals surface area contributed by atoms with Gasteiger partial charge in [-0.3, -0.25) is 4.79 Å². The highest BCUT2D eigenvalue weighted by atomic mass is 16.1. The Morgan fingerprint density at radius 2 is 2.32 bits per heavy atom. The van der Waals surface area contributed by atoms with Crippen LogP contribution < -0.4 is 10.6 Å². The number of carbonyl (C=O) groups excluding carboxylic acids is 1. The van der Waals surface area contributed by atoms with Crippen molar-refractivity contribution in [3.8, 4) is 12.3 Å². The van der Waals surface area contributed by atoms with Crippen LogP contribution in [0.3, 0.4) is 0 Å². The van der Waals surface area contributed by atoms with Gasteiger partial charge in [-0.2, -0.15) is 0 Å². The van der Waals surface area contributed by atoms with Gasteiger partial charge in [0.15, 0.2) is 0 Å². The van der Waals surface area contributed by atoms with Crippen LogP contribution in [0.2, 0.25) is 0 Å². The summed E-state index contributed by atoms with van der Waals surface area (Å²) in [5.74, 6) is 2.58. The van der Waals surface area contributed by atoms with Gasteiger partial charge in [-0.25, -0.2) is 0 Å². The van der Waals surface area contributed by atoms with Gasteiger partial charge in [0.05, 0.1) is 0 Å². The zero-order valence-electron chi connectivity index (χ0n) is 11.2. The van der Waals surface area contributed by atoms with Crippen molar-refractivity contribution >= 4 is 5.91 Å². The van der Waals surface area contributed by atoms with Crippen molar-refractivity contribution in [1.82, 2.24) is 15.2 Å². The molecule has 1 aliphatic rings. The molecule has 19 heavy (non-hydrogen) atoms. The summed E-state index contributed by atoms with van der Waals surface area (Å²) < 4.78 is 2.11. The lowest BCUT2D eigenvalue weighted by Crippen LogP contribution is -2.32. The van der Waals surface area contributed by atoms with Gasteiger partial charge < -0.3 is 15.2 Å². The van der Waals surface area contributed by atoms with Crippen LogP contribution in [0, 0.1) is 12.3 Å². The van der Waals surface area contributed by atoms with E-state index in [0.29, 0.717) is 19.0 Å². The Kier molecular flexibility index (Phi) is 5.05. The molecule has 0 radical (unpaired) electrons. The van der Waals surface area contributed by atoms with E-state index in [9.17, 15) is 4.79 Å². The first-order valence-electron chi connectivity index (χ1n) is 6.92. The van der Waals surface area contributed by atoms with Gasteiger partial charge in [-0.15, -0.1) is 12.3 Å². The molecule has 2 rings (SSSR count). The van der Waals surface area contributed by atoms with Crippen LogP contribution in [0.25, 0.3) is 0 Å². The Balaban J connectivity index is 1.94. The molecule has 4 nitrogen and oxygen atoms in total. The van der Waals surface area contributed by atoms with Crippen molar-refractivity contribution in [3.05, 3.63) is 24.0 Å². The lowest BCUT2D eigenvalue weighted by molar-refractivity contribution is 0.0940. The topological polar surface area (TPSA) is 46.1 Å². The minimum atomic E-state index is 0.000513. The quantitative estimate of drug-likeness (QED) is 0.622. The highest BCUT2D eigenvalue weighted by Gasteiger charge is 2.19. The molecular formula is C15H21N3O. The first-order valence-corrected chi connectivity index (χ1v) is 6.92. The number of amides is 1. The molecule has 0 bridgehead atoms. The van der Waals surface area contributed by atoms with Crippen LogP contribution in [-0.4, -0.2) is 30.1 Å². The molecule has 4 heteroatoms. The number of hydrogen-bond acceptors (Lipinski definition) is 2. The van der Waals surface area contributed by atoms with E-state index in [0.717, 1.165) is 38.0 Å². The van der Waals surface area contributed by atoms with Gasteiger partial charge in [0.1, 0.15) is 5.69 Å². The van der Waals surface area contributed by atoms with Gasteiger partial charge in [0, 0.05) is 25.2 Å². The summed E-state index contributed by atoms with van der Waals surface area (Å²) in [5, 5.41) is 6.27. The summed E-state index contributed by atoms with van der Waals surface area (Å²) in [4.78, 5) is 12.1. The first-order chi connectivity index (χ1) is 9.33. The van der Waals surface area contributed by atoms with Crippen LogP contribution in [0.1, 0.15) is 42.2 Å². The highest BCUT2D eigenvalue weighted by Crippen LogP contribution is 2.21. The SMILES string of the molecule is C#CCCCNC(=O)c1cccn1C1CCNCC1. The molecule has 0 spiro atoms. The van der Waals surface area contributed by atoms with Crippen molar-refractivity contribution < 1.29 is 4.79 Å². The average molecular weight is 259 g/mol. The van der Waals surface area contributed by atoms with Gasteiger partial charge in [0.2, 0.25) is 0 Å². The largest absolute Gasteiger partial charge is 0.351 e. The molecule has 0 unspecified atom stereocenters. The third-order valence-corrected chi connectivity index (χ3v) is 3.50. The van der Waals surface area contributed by atoms with E-state index in [-0.39, 0.29) is 5.91 Å². The van der Waals surface area contributed by atoms with E-state index < -0.39 is 0 Å². The normalized spacial score (nSPS) is 15.9.